The Kier molecular flexibility index (Phi) is 2.30. The van der Waals surface area contributed by atoms with Crippen molar-refractivity contribution in [3.05, 3.63) is 23.2 Å². The fraction of sp³-hybridized carbons (Fsp3) is 0.444. The second-order valence-electron chi connectivity index (χ2n) is 3.32. The molecule has 73 valence electrons. The zero-order valence-corrected chi connectivity index (χ0v) is 7.81. The molecule has 5 heteroatoms. The molecule has 5 nitrogen and oxygen atoms in total. The summed E-state index contributed by atoms with van der Waals surface area (Å²) in [7, 11) is 0. The zero-order valence-electron chi connectivity index (χ0n) is 7.81. The molecule has 0 bridgehead atoms. The van der Waals surface area contributed by atoms with Crippen LogP contribution in [0, 0.1) is 11.1 Å². The van der Waals surface area contributed by atoms with Gasteiger partial charge in [-0.2, -0.15) is 5.84 Å². The number of pyridine rings is 1. The van der Waals surface area contributed by atoms with Crippen molar-refractivity contribution in [3.63, 3.8) is 0 Å². The van der Waals surface area contributed by atoms with E-state index >= 15 is 0 Å². The summed E-state index contributed by atoms with van der Waals surface area (Å²) >= 11 is 0. The first-order valence-corrected chi connectivity index (χ1v) is 4.63. The summed E-state index contributed by atoms with van der Waals surface area (Å²) in [5.41, 5.74) is 0.257. The highest BCUT2D eigenvalue weighted by molar-refractivity contribution is 5.42. The lowest BCUT2D eigenvalue weighted by atomic mass is 10.4. The van der Waals surface area contributed by atoms with Crippen molar-refractivity contribution in [2.24, 2.45) is 5.84 Å². The van der Waals surface area contributed by atoms with Crippen LogP contribution < -0.4 is 10.7 Å². The van der Waals surface area contributed by atoms with Crippen LogP contribution in [0.2, 0.25) is 0 Å². The van der Waals surface area contributed by atoms with Crippen LogP contribution in [-0.4, -0.2) is 22.9 Å². The Labute approximate surface area is 82.1 Å². The summed E-state index contributed by atoms with van der Waals surface area (Å²) in [6, 6.07) is 3.43. The Morgan fingerprint density at radius 3 is 2.64 bits per heavy atom. The van der Waals surface area contributed by atoms with Crippen molar-refractivity contribution in [1.82, 2.24) is 4.98 Å². The molecule has 0 unspecified atom stereocenters. The lowest BCUT2D eigenvalue weighted by Crippen LogP contribution is -2.19. The average molecular weight is 192 g/mol. The molecule has 2 N–H and O–H groups in total. The molecule has 1 aromatic rings. The first-order valence-electron chi connectivity index (χ1n) is 4.63. The highest BCUT2D eigenvalue weighted by atomic mass is 16.3. The largest absolute Gasteiger partial charge is 0.357 e. The van der Waals surface area contributed by atoms with E-state index in [-0.39, 0.29) is 10.6 Å². The second kappa shape index (κ2) is 3.61. The van der Waals surface area contributed by atoms with Gasteiger partial charge in [0.05, 0.1) is 4.91 Å². The fourth-order valence-corrected chi connectivity index (χ4v) is 1.59. The number of hydrogen-bond acceptors (Lipinski definition) is 3. The monoisotopic (exact) mass is 192 g/mol. The third-order valence-corrected chi connectivity index (χ3v) is 2.34. The number of rotatable bonds is 2. The summed E-state index contributed by atoms with van der Waals surface area (Å²) < 4.78 is 0. The van der Waals surface area contributed by atoms with Crippen molar-refractivity contribution >= 4 is 11.5 Å². The van der Waals surface area contributed by atoms with Crippen LogP contribution in [-0.2, 0) is 0 Å². The van der Waals surface area contributed by atoms with Gasteiger partial charge in [-0.3, -0.25) is 0 Å². The summed E-state index contributed by atoms with van der Waals surface area (Å²) in [4.78, 5) is 17.2. The molecule has 0 aromatic carbocycles. The van der Waals surface area contributed by atoms with Gasteiger partial charge < -0.3 is 4.90 Å². The quantitative estimate of drug-likeness (QED) is 0.427. The lowest BCUT2D eigenvalue weighted by Gasteiger charge is -2.14. The van der Waals surface area contributed by atoms with E-state index in [0.29, 0.717) is 0 Å². The molecule has 0 saturated carbocycles. The number of anilines is 1. The van der Waals surface area contributed by atoms with Gasteiger partial charge in [-0.05, 0) is 18.9 Å². The van der Waals surface area contributed by atoms with Gasteiger partial charge in [-0.25, -0.2) is 4.98 Å². The van der Waals surface area contributed by atoms with Gasteiger partial charge in [0.25, 0.3) is 0 Å². The molecule has 0 aliphatic carbocycles. The van der Waals surface area contributed by atoms with Crippen LogP contribution in [0.3, 0.4) is 0 Å². The van der Waals surface area contributed by atoms with Crippen molar-refractivity contribution in [2.75, 3.05) is 18.0 Å². The SMILES string of the molecule is N[N+](=O)c1[c]nc(N2CCCC2)cc1. The van der Waals surface area contributed by atoms with Crippen LogP contribution in [0.25, 0.3) is 0 Å². The van der Waals surface area contributed by atoms with Gasteiger partial charge in [0, 0.05) is 19.2 Å². The van der Waals surface area contributed by atoms with Crippen LogP contribution in [0.15, 0.2) is 12.1 Å². The van der Waals surface area contributed by atoms with E-state index in [4.69, 9.17) is 5.84 Å². The van der Waals surface area contributed by atoms with E-state index in [1.807, 2.05) is 0 Å². The third kappa shape index (κ3) is 1.66. The summed E-state index contributed by atoms with van der Waals surface area (Å²) in [6.45, 7) is 2.06. The van der Waals surface area contributed by atoms with E-state index < -0.39 is 0 Å². The van der Waals surface area contributed by atoms with E-state index in [2.05, 4.69) is 16.1 Å². The molecule has 14 heavy (non-hydrogen) atoms. The number of nitrogens with two attached hydrogens (primary N) is 1. The second-order valence-corrected chi connectivity index (χ2v) is 3.32. The molecule has 1 fully saturated rings. The molecule has 2 heterocycles. The maximum Gasteiger partial charge on any atom is 0.319 e. The lowest BCUT2D eigenvalue weighted by molar-refractivity contribution is -0.475. The molecule has 1 radical (unpaired) electrons. The molecule has 1 aromatic heterocycles. The minimum atomic E-state index is 0.257. The molecular weight excluding hydrogens is 180 g/mol. The van der Waals surface area contributed by atoms with E-state index in [1.54, 1.807) is 12.1 Å². The Balaban J connectivity index is 2.16. The molecule has 1 aliphatic heterocycles. The Hall–Kier alpha value is -1.65. The minimum Gasteiger partial charge on any atom is -0.357 e. The summed E-state index contributed by atoms with van der Waals surface area (Å²) in [6.07, 6.45) is 5.01. The van der Waals surface area contributed by atoms with E-state index in [0.717, 1.165) is 18.9 Å². The maximum atomic E-state index is 10.7. The smallest absolute Gasteiger partial charge is 0.319 e. The highest BCUT2D eigenvalue weighted by Crippen LogP contribution is 2.18. The molecule has 0 amide bonds. The van der Waals surface area contributed by atoms with Crippen molar-refractivity contribution < 1.29 is 4.87 Å². The number of nitroso groups, excluding NO2 is 1. The fourth-order valence-electron chi connectivity index (χ4n) is 1.59. The van der Waals surface area contributed by atoms with Crippen LogP contribution in [0.4, 0.5) is 11.5 Å². The van der Waals surface area contributed by atoms with Crippen molar-refractivity contribution in [1.29, 1.82) is 0 Å². The zero-order chi connectivity index (χ0) is 9.97. The summed E-state index contributed by atoms with van der Waals surface area (Å²) in [5, 5.41) is 0. The van der Waals surface area contributed by atoms with Crippen molar-refractivity contribution in [2.45, 2.75) is 12.8 Å². The standard InChI is InChI=1S/C9H12N4O/c10-13(14)8-3-4-9(11-7-8)12-5-1-2-6-12/h3-4H,1-2,5-6H2,(H2,10,14)/q+1. The first kappa shape index (κ1) is 8.93. The molecule has 0 spiro atoms. The molecule has 1 aliphatic rings. The Morgan fingerprint density at radius 2 is 2.14 bits per heavy atom. The minimum absolute atomic E-state index is 0.257. The molecule has 2 rings (SSSR count). The maximum absolute atomic E-state index is 10.7. The van der Waals surface area contributed by atoms with Gasteiger partial charge in [0.1, 0.15) is 5.82 Å². The Morgan fingerprint density at radius 1 is 1.43 bits per heavy atom. The topological polar surface area (TPSA) is 62.2 Å². The number of hydrogen-bond donors (Lipinski definition) is 1. The number of hydrazine groups is 1. The van der Waals surface area contributed by atoms with Gasteiger partial charge in [0.2, 0.25) is 0 Å². The Bertz CT molecular complexity index is 329. The van der Waals surface area contributed by atoms with E-state index in [9.17, 15) is 4.91 Å². The molecular formula is C9H12N4O+. The van der Waals surface area contributed by atoms with Gasteiger partial charge in [-0.15, -0.1) is 0 Å². The van der Waals surface area contributed by atoms with Crippen LogP contribution >= 0.6 is 0 Å². The third-order valence-electron chi connectivity index (χ3n) is 2.34. The molecule has 1 saturated heterocycles. The normalized spacial score (nSPS) is 15.9. The predicted molar refractivity (Wildman–Crippen MR) is 52.0 cm³/mol. The number of nitrogens with zero attached hydrogens (tertiary/aromatic N) is 3. The van der Waals surface area contributed by atoms with E-state index in [1.165, 1.54) is 12.8 Å². The first-order chi connectivity index (χ1) is 6.77. The summed E-state index contributed by atoms with van der Waals surface area (Å²) in [5.74, 6) is 5.88. The average Bonchev–Trinajstić information content (AvgIpc) is 2.71. The van der Waals surface area contributed by atoms with Gasteiger partial charge in [-0.1, -0.05) is 0 Å². The molecule has 0 atom stereocenters. The van der Waals surface area contributed by atoms with Gasteiger partial charge >= 0.3 is 5.69 Å². The van der Waals surface area contributed by atoms with Crippen LogP contribution in [0.1, 0.15) is 12.8 Å². The van der Waals surface area contributed by atoms with Gasteiger partial charge in [0.15, 0.2) is 11.1 Å². The van der Waals surface area contributed by atoms with Crippen LogP contribution in [0.5, 0.6) is 0 Å². The number of aromatic nitrogens is 1. The highest BCUT2D eigenvalue weighted by Gasteiger charge is 2.15. The van der Waals surface area contributed by atoms with Crippen molar-refractivity contribution in [3.8, 4) is 0 Å². The predicted octanol–water partition coefficient (Wildman–Crippen LogP) is 0.766.